The van der Waals surface area contributed by atoms with E-state index in [2.05, 4.69) is 35.4 Å². The predicted octanol–water partition coefficient (Wildman–Crippen LogP) is 2.96. The average Bonchev–Trinajstić information content (AvgIpc) is 3.03. The van der Waals surface area contributed by atoms with Crippen molar-refractivity contribution in [3.8, 4) is 5.75 Å². The van der Waals surface area contributed by atoms with E-state index in [0.29, 0.717) is 34.9 Å². The third kappa shape index (κ3) is 4.43. The maximum absolute atomic E-state index is 13.3. The Balaban J connectivity index is 1.82. The van der Waals surface area contributed by atoms with Gasteiger partial charge in [-0.1, -0.05) is 13.0 Å². The number of hydrogen-bond donors (Lipinski definition) is 2. The minimum Gasteiger partial charge on any atom is -0.497 e. The molecule has 1 fully saturated rings. The number of nitrogens with one attached hydrogen (secondary N) is 1. The van der Waals surface area contributed by atoms with Crippen molar-refractivity contribution in [1.29, 1.82) is 0 Å². The molecule has 174 valence electrons. The molecular formula is C23H27N5O4S. The zero-order valence-electron chi connectivity index (χ0n) is 19.0. The summed E-state index contributed by atoms with van der Waals surface area (Å²) in [4.78, 5) is 24.0. The molecule has 0 unspecified atom stereocenters. The fourth-order valence-corrected chi connectivity index (χ4v) is 5.36. The number of benzene rings is 1. The molecule has 3 aromatic rings. The normalized spacial score (nSPS) is 17.8. The fourth-order valence-electron chi connectivity index (χ4n) is 4.41. The van der Waals surface area contributed by atoms with Crippen LogP contribution >= 0.6 is 0 Å². The number of fused-ring (bicyclic) bond motifs is 1. The maximum atomic E-state index is 13.3. The average molecular weight is 470 g/mol. The molecule has 0 bridgehead atoms. The lowest BCUT2D eigenvalue weighted by Gasteiger charge is -2.34. The summed E-state index contributed by atoms with van der Waals surface area (Å²) >= 11 is 0. The largest absolute Gasteiger partial charge is 0.497 e. The molecule has 1 amide bonds. The van der Waals surface area contributed by atoms with Gasteiger partial charge in [-0.25, -0.2) is 14.7 Å². The first-order valence-electron chi connectivity index (χ1n) is 10.6. The van der Waals surface area contributed by atoms with Gasteiger partial charge in [0.2, 0.25) is 0 Å². The molecule has 1 saturated heterocycles. The molecule has 0 aliphatic carbocycles. The van der Waals surface area contributed by atoms with E-state index in [1.54, 1.807) is 25.3 Å². The molecule has 10 heteroatoms. The number of amides is 1. The van der Waals surface area contributed by atoms with Gasteiger partial charge >= 0.3 is 0 Å². The third-order valence-corrected chi connectivity index (χ3v) is 7.05. The van der Waals surface area contributed by atoms with Gasteiger partial charge in [-0.05, 0) is 62.6 Å². The second kappa shape index (κ2) is 8.18. The van der Waals surface area contributed by atoms with Crippen LogP contribution in [0.2, 0.25) is 0 Å². The Morgan fingerprint density at radius 3 is 2.61 bits per heavy atom. The van der Waals surface area contributed by atoms with Gasteiger partial charge in [0.25, 0.3) is 15.9 Å². The van der Waals surface area contributed by atoms with Crippen LogP contribution in [0.1, 0.15) is 37.6 Å². The van der Waals surface area contributed by atoms with Gasteiger partial charge in [-0.3, -0.25) is 4.79 Å². The van der Waals surface area contributed by atoms with E-state index in [1.165, 1.54) is 18.2 Å². The van der Waals surface area contributed by atoms with E-state index in [9.17, 15) is 13.2 Å². The summed E-state index contributed by atoms with van der Waals surface area (Å²) in [5.74, 6) is 0.690. The van der Waals surface area contributed by atoms with E-state index in [0.717, 1.165) is 6.42 Å². The highest BCUT2D eigenvalue weighted by Crippen LogP contribution is 2.38. The number of hydrogen-bond acceptors (Lipinski definition) is 8. The molecule has 3 N–H and O–H groups in total. The second-order valence-electron chi connectivity index (χ2n) is 8.99. The minimum absolute atomic E-state index is 0.0401. The van der Waals surface area contributed by atoms with Gasteiger partial charge in [-0.15, -0.1) is 0 Å². The number of pyridine rings is 2. The van der Waals surface area contributed by atoms with Crippen LogP contribution in [0, 0.1) is 5.92 Å². The summed E-state index contributed by atoms with van der Waals surface area (Å²) in [6.07, 6.45) is 0.919. The lowest BCUT2D eigenvalue weighted by Crippen LogP contribution is -2.41. The van der Waals surface area contributed by atoms with Crippen LogP contribution in [0.5, 0.6) is 5.75 Å². The highest BCUT2D eigenvalue weighted by Gasteiger charge is 2.39. The van der Waals surface area contributed by atoms with Crippen LogP contribution in [-0.4, -0.2) is 43.5 Å². The topological polar surface area (TPSA) is 128 Å². The second-order valence-corrected chi connectivity index (χ2v) is 10.6. The predicted molar refractivity (Wildman–Crippen MR) is 127 cm³/mol. The molecule has 0 radical (unpaired) electrons. The Morgan fingerprint density at radius 2 is 1.97 bits per heavy atom. The third-order valence-electron chi connectivity index (χ3n) is 5.82. The lowest BCUT2D eigenvalue weighted by molar-refractivity contribution is 0.0981. The summed E-state index contributed by atoms with van der Waals surface area (Å²) < 4.78 is 33.1. The number of carbonyl (C=O) groups excluding carboxylic acids is 1. The number of nitrogens with two attached hydrogens (primary N) is 1. The number of nitrogen functional groups attached to an aromatic ring is 1. The van der Waals surface area contributed by atoms with E-state index >= 15 is 0 Å². The molecule has 1 aliphatic heterocycles. The number of methoxy groups -OCH3 is 1. The van der Waals surface area contributed by atoms with E-state index in [1.807, 2.05) is 6.07 Å². The molecule has 4 rings (SSSR count). The Bertz CT molecular complexity index is 1340. The van der Waals surface area contributed by atoms with Gasteiger partial charge in [-0.2, -0.15) is 8.42 Å². The van der Waals surface area contributed by atoms with E-state index in [-0.39, 0.29) is 21.9 Å². The summed E-state index contributed by atoms with van der Waals surface area (Å²) in [5, 5.41) is 0.329. The summed E-state index contributed by atoms with van der Waals surface area (Å²) in [6.45, 7) is 7.02. The van der Waals surface area contributed by atoms with Crippen LogP contribution in [0.15, 0.2) is 47.5 Å². The molecule has 9 nitrogen and oxygen atoms in total. The van der Waals surface area contributed by atoms with Crippen molar-refractivity contribution in [1.82, 2.24) is 14.7 Å². The molecule has 1 aliphatic rings. The SMILES string of the molecule is COc1ccc2nc(N3C[C@@H](C)CC3(C)C)c(C(=O)NS(=O)(=O)c3cccc(N)n3)cc2c1. The van der Waals surface area contributed by atoms with Gasteiger partial charge in [0.05, 0.1) is 18.2 Å². The zero-order chi connectivity index (χ0) is 24.0. The Hall–Kier alpha value is -3.40. The number of rotatable bonds is 5. The van der Waals surface area contributed by atoms with Gasteiger partial charge in [0.15, 0.2) is 5.03 Å². The lowest BCUT2D eigenvalue weighted by atomic mass is 9.97. The summed E-state index contributed by atoms with van der Waals surface area (Å²) in [7, 11) is -2.69. The Labute approximate surface area is 193 Å². The number of aromatic nitrogens is 2. The smallest absolute Gasteiger partial charge is 0.281 e. The highest BCUT2D eigenvalue weighted by atomic mass is 32.2. The molecule has 0 spiro atoms. The van der Waals surface area contributed by atoms with Crippen molar-refractivity contribution in [2.24, 2.45) is 5.92 Å². The Morgan fingerprint density at radius 1 is 1.21 bits per heavy atom. The molecule has 0 saturated carbocycles. The fraction of sp³-hybridized carbons (Fsp3) is 0.348. The first kappa shape index (κ1) is 22.8. The number of carbonyl (C=O) groups is 1. The van der Waals surface area contributed by atoms with Crippen LogP contribution < -0.4 is 20.1 Å². The molecule has 2 aromatic heterocycles. The van der Waals surface area contributed by atoms with Crippen molar-refractivity contribution in [3.63, 3.8) is 0 Å². The van der Waals surface area contributed by atoms with Crippen LogP contribution in [-0.2, 0) is 10.0 Å². The van der Waals surface area contributed by atoms with Gasteiger partial charge < -0.3 is 15.4 Å². The molecule has 1 aromatic carbocycles. The number of nitrogens with zero attached hydrogens (tertiary/aromatic N) is 3. The minimum atomic E-state index is -4.24. The van der Waals surface area contributed by atoms with Gasteiger partial charge in [0, 0.05) is 17.5 Å². The maximum Gasteiger partial charge on any atom is 0.281 e. The van der Waals surface area contributed by atoms with E-state index in [4.69, 9.17) is 15.5 Å². The summed E-state index contributed by atoms with van der Waals surface area (Å²) in [6, 6.07) is 11.2. The van der Waals surface area contributed by atoms with Crippen molar-refractivity contribution in [2.45, 2.75) is 37.8 Å². The standard InChI is InChI=1S/C23H27N5O4S/c1-14-12-23(2,3)28(13-14)21-17(11-15-10-16(32-4)8-9-18(15)25-21)22(29)27-33(30,31)20-7-5-6-19(24)26-20/h5-11,14H,12-13H2,1-4H3,(H2,24,26)(H,27,29)/t14-/m0/s1. The van der Waals surface area contributed by atoms with Crippen molar-refractivity contribution in [3.05, 3.63) is 48.0 Å². The van der Waals surface area contributed by atoms with Crippen molar-refractivity contribution in [2.75, 3.05) is 24.3 Å². The molecular weight excluding hydrogens is 442 g/mol. The Kier molecular flexibility index (Phi) is 5.65. The zero-order valence-corrected chi connectivity index (χ0v) is 19.8. The summed E-state index contributed by atoms with van der Waals surface area (Å²) in [5.41, 5.74) is 6.20. The first-order valence-corrected chi connectivity index (χ1v) is 12.0. The van der Waals surface area contributed by atoms with E-state index < -0.39 is 15.9 Å². The number of ether oxygens (including phenoxy) is 1. The van der Waals surface area contributed by atoms with Crippen molar-refractivity contribution >= 4 is 38.5 Å². The van der Waals surface area contributed by atoms with Crippen LogP contribution in [0.3, 0.4) is 0 Å². The van der Waals surface area contributed by atoms with Crippen LogP contribution in [0.4, 0.5) is 11.6 Å². The molecule has 33 heavy (non-hydrogen) atoms. The van der Waals surface area contributed by atoms with Crippen molar-refractivity contribution < 1.29 is 17.9 Å². The number of sulfonamides is 1. The molecule has 3 heterocycles. The van der Waals surface area contributed by atoms with Crippen LogP contribution in [0.25, 0.3) is 10.9 Å². The quantitative estimate of drug-likeness (QED) is 0.584. The van der Waals surface area contributed by atoms with Gasteiger partial charge in [0.1, 0.15) is 17.4 Å². The first-order chi connectivity index (χ1) is 15.5. The number of anilines is 2. The highest BCUT2D eigenvalue weighted by molar-refractivity contribution is 7.90. The molecule has 1 atom stereocenters. The monoisotopic (exact) mass is 469 g/mol.